The summed E-state index contributed by atoms with van der Waals surface area (Å²) in [6.07, 6.45) is 0.931. The van der Waals surface area contributed by atoms with Crippen molar-refractivity contribution in [3.8, 4) is 5.75 Å². The first-order chi connectivity index (χ1) is 16.2. The number of benzene rings is 3. The van der Waals surface area contributed by atoms with Crippen molar-refractivity contribution in [2.45, 2.75) is 19.5 Å². The molecule has 0 N–H and O–H groups in total. The van der Waals surface area contributed by atoms with Crippen LogP contribution in [-0.4, -0.2) is 55.5 Å². The lowest BCUT2D eigenvalue weighted by atomic mass is 10.1. The minimum atomic E-state index is 0.100. The van der Waals surface area contributed by atoms with E-state index in [0.717, 1.165) is 69.2 Å². The zero-order valence-corrected chi connectivity index (χ0v) is 19.2. The Kier molecular flexibility index (Phi) is 6.42. The smallest absolute Gasteiger partial charge is 0.258 e. The molecule has 1 fully saturated rings. The summed E-state index contributed by atoms with van der Waals surface area (Å²) in [6.45, 7) is 6.65. The first-order valence-electron chi connectivity index (χ1n) is 11.8. The van der Waals surface area contributed by atoms with Crippen LogP contribution in [-0.2, 0) is 19.5 Å². The van der Waals surface area contributed by atoms with Gasteiger partial charge < -0.3 is 9.64 Å². The van der Waals surface area contributed by atoms with Crippen LogP contribution in [0.5, 0.6) is 5.75 Å². The highest BCUT2D eigenvalue weighted by Gasteiger charge is 2.25. The minimum Gasteiger partial charge on any atom is -0.496 e. The Morgan fingerprint density at radius 1 is 0.818 bits per heavy atom. The SMILES string of the molecule is COc1ccccc1CN1CCN(Cc2cccc(C(=O)N3CCc4ccccc43)c2)CC1. The molecule has 5 heteroatoms. The Morgan fingerprint density at radius 2 is 1.55 bits per heavy atom. The van der Waals surface area contributed by atoms with Crippen molar-refractivity contribution in [3.05, 3.63) is 95.1 Å². The van der Waals surface area contributed by atoms with Crippen LogP contribution in [0.15, 0.2) is 72.8 Å². The largest absolute Gasteiger partial charge is 0.496 e. The van der Waals surface area contributed by atoms with Crippen LogP contribution in [0.4, 0.5) is 5.69 Å². The second-order valence-corrected chi connectivity index (χ2v) is 8.90. The number of nitrogens with zero attached hydrogens (tertiary/aromatic N) is 3. The number of carbonyl (C=O) groups excluding carboxylic acids is 1. The molecular formula is C28H31N3O2. The molecule has 2 aliphatic rings. The third-order valence-corrected chi connectivity index (χ3v) is 6.76. The van der Waals surface area contributed by atoms with Gasteiger partial charge in [-0.15, -0.1) is 0 Å². The zero-order valence-electron chi connectivity index (χ0n) is 19.2. The van der Waals surface area contributed by atoms with E-state index in [2.05, 4.69) is 46.2 Å². The van der Waals surface area contributed by atoms with Crippen molar-refractivity contribution in [1.82, 2.24) is 9.80 Å². The number of piperazine rings is 1. The third-order valence-electron chi connectivity index (χ3n) is 6.76. The Bertz CT molecular complexity index is 1120. The van der Waals surface area contributed by atoms with E-state index in [-0.39, 0.29) is 5.91 Å². The first kappa shape index (κ1) is 21.7. The number of hydrogen-bond acceptors (Lipinski definition) is 4. The summed E-state index contributed by atoms with van der Waals surface area (Å²) >= 11 is 0. The van der Waals surface area contributed by atoms with Gasteiger partial charge in [-0.1, -0.05) is 48.5 Å². The predicted molar refractivity (Wildman–Crippen MR) is 132 cm³/mol. The van der Waals surface area contributed by atoms with Crippen molar-refractivity contribution >= 4 is 11.6 Å². The van der Waals surface area contributed by atoms with Gasteiger partial charge in [-0.3, -0.25) is 14.6 Å². The van der Waals surface area contributed by atoms with Gasteiger partial charge in [-0.25, -0.2) is 0 Å². The van der Waals surface area contributed by atoms with Crippen LogP contribution in [0.3, 0.4) is 0 Å². The van der Waals surface area contributed by atoms with E-state index < -0.39 is 0 Å². The van der Waals surface area contributed by atoms with Gasteiger partial charge in [-0.2, -0.15) is 0 Å². The molecule has 0 bridgehead atoms. The van der Waals surface area contributed by atoms with E-state index in [4.69, 9.17) is 4.74 Å². The molecule has 3 aromatic carbocycles. The molecule has 170 valence electrons. The summed E-state index contributed by atoms with van der Waals surface area (Å²) in [5.74, 6) is 1.06. The maximum Gasteiger partial charge on any atom is 0.258 e. The second-order valence-electron chi connectivity index (χ2n) is 8.90. The number of amides is 1. The van der Waals surface area contributed by atoms with Gasteiger partial charge in [0.05, 0.1) is 7.11 Å². The van der Waals surface area contributed by atoms with E-state index >= 15 is 0 Å². The number of rotatable bonds is 6. The predicted octanol–water partition coefficient (Wildman–Crippen LogP) is 4.22. The summed E-state index contributed by atoms with van der Waals surface area (Å²) < 4.78 is 5.51. The van der Waals surface area contributed by atoms with E-state index in [1.54, 1.807) is 7.11 Å². The lowest BCUT2D eigenvalue weighted by Crippen LogP contribution is -2.45. The highest BCUT2D eigenvalue weighted by molar-refractivity contribution is 6.07. The van der Waals surface area contributed by atoms with Crippen molar-refractivity contribution in [2.24, 2.45) is 0 Å². The van der Waals surface area contributed by atoms with Gasteiger partial charge >= 0.3 is 0 Å². The van der Waals surface area contributed by atoms with E-state index in [1.807, 2.05) is 41.3 Å². The monoisotopic (exact) mass is 441 g/mol. The molecular weight excluding hydrogens is 410 g/mol. The topological polar surface area (TPSA) is 36.0 Å². The lowest BCUT2D eigenvalue weighted by molar-refractivity contribution is 0.0989. The van der Waals surface area contributed by atoms with Crippen LogP contribution in [0.2, 0.25) is 0 Å². The quantitative estimate of drug-likeness (QED) is 0.574. The van der Waals surface area contributed by atoms with Gasteiger partial charge in [-0.05, 0) is 41.8 Å². The van der Waals surface area contributed by atoms with Gasteiger partial charge in [0.25, 0.3) is 5.91 Å². The van der Waals surface area contributed by atoms with Crippen LogP contribution in [0.1, 0.15) is 27.0 Å². The Morgan fingerprint density at radius 3 is 2.36 bits per heavy atom. The molecule has 0 unspecified atom stereocenters. The van der Waals surface area contributed by atoms with Gasteiger partial charge in [0.2, 0.25) is 0 Å². The lowest BCUT2D eigenvalue weighted by Gasteiger charge is -2.35. The standard InChI is InChI=1S/C28H31N3O2/c1-33-27-12-5-3-9-25(27)21-30-17-15-29(16-18-30)20-22-7-6-10-24(19-22)28(32)31-14-13-23-8-2-4-11-26(23)31/h2-12,19H,13-18,20-21H2,1H3. The summed E-state index contributed by atoms with van der Waals surface area (Å²) in [6, 6.07) is 24.7. The van der Waals surface area contributed by atoms with E-state index in [0.29, 0.717) is 0 Å². The van der Waals surface area contributed by atoms with Crippen LogP contribution >= 0.6 is 0 Å². The molecule has 0 radical (unpaired) electrons. The normalized spacial score (nSPS) is 16.6. The fourth-order valence-corrected chi connectivity index (χ4v) is 4.95. The molecule has 0 saturated carbocycles. The average molecular weight is 442 g/mol. The van der Waals surface area contributed by atoms with Crippen LogP contribution in [0, 0.1) is 0 Å². The first-order valence-corrected chi connectivity index (χ1v) is 11.8. The van der Waals surface area contributed by atoms with Crippen molar-refractivity contribution in [2.75, 3.05) is 44.7 Å². The molecule has 2 aliphatic heterocycles. The fraction of sp³-hybridized carbons (Fsp3) is 0.321. The number of methoxy groups -OCH3 is 1. The number of para-hydroxylation sites is 2. The van der Waals surface area contributed by atoms with Crippen LogP contribution < -0.4 is 9.64 Å². The maximum atomic E-state index is 13.2. The molecule has 3 aromatic rings. The summed E-state index contributed by atoms with van der Waals surface area (Å²) in [7, 11) is 1.73. The van der Waals surface area contributed by atoms with Gasteiger partial charge in [0, 0.05) is 62.6 Å². The minimum absolute atomic E-state index is 0.100. The highest BCUT2D eigenvalue weighted by Crippen LogP contribution is 2.29. The number of anilines is 1. The summed E-state index contributed by atoms with van der Waals surface area (Å²) in [4.78, 5) is 20.1. The molecule has 1 saturated heterocycles. The molecule has 0 aromatic heterocycles. The Balaban J connectivity index is 1.19. The molecule has 1 amide bonds. The molecule has 0 spiro atoms. The molecule has 2 heterocycles. The molecule has 5 rings (SSSR count). The second kappa shape index (κ2) is 9.77. The van der Waals surface area contributed by atoms with E-state index in [1.165, 1.54) is 16.7 Å². The molecule has 33 heavy (non-hydrogen) atoms. The Hall–Kier alpha value is -3.15. The van der Waals surface area contributed by atoms with Crippen molar-refractivity contribution in [1.29, 1.82) is 0 Å². The number of ether oxygens (including phenoxy) is 1. The number of fused-ring (bicyclic) bond motifs is 1. The number of hydrogen-bond donors (Lipinski definition) is 0. The van der Waals surface area contributed by atoms with Gasteiger partial charge in [0.15, 0.2) is 0 Å². The van der Waals surface area contributed by atoms with Crippen molar-refractivity contribution in [3.63, 3.8) is 0 Å². The fourth-order valence-electron chi connectivity index (χ4n) is 4.95. The average Bonchev–Trinajstić information content (AvgIpc) is 3.29. The maximum absolute atomic E-state index is 13.2. The molecule has 0 aliphatic carbocycles. The zero-order chi connectivity index (χ0) is 22.6. The highest BCUT2D eigenvalue weighted by atomic mass is 16.5. The molecule has 5 nitrogen and oxygen atoms in total. The van der Waals surface area contributed by atoms with E-state index in [9.17, 15) is 4.79 Å². The van der Waals surface area contributed by atoms with Crippen molar-refractivity contribution < 1.29 is 9.53 Å². The number of carbonyl (C=O) groups is 1. The summed E-state index contributed by atoms with van der Waals surface area (Å²) in [5, 5.41) is 0. The summed E-state index contributed by atoms with van der Waals surface area (Å²) in [5.41, 5.74) is 5.53. The third kappa shape index (κ3) is 4.80. The van der Waals surface area contributed by atoms with Crippen LogP contribution in [0.25, 0.3) is 0 Å². The Labute approximate surface area is 196 Å². The molecule has 0 atom stereocenters. The van der Waals surface area contributed by atoms with Gasteiger partial charge in [0.1, 0.15) is 5.75 Å².